The number of amides is 1. The standard InChI is InChI=1S/C17H16F3NO2/c1-2-9-21(12-17(18,19)20)16(22)11-23-15-8-7-13-5-3-4-6-14(13)10-15/h2-8,10H,1,9,11-12H2. The Hall–Kier alpha value is -2.50. The van der Waals surface area contributed by atoms with Gasteiger partial charge in [0.05, 0.1) is 0 Å². The summed E-state index contributed by atoms with van der Waals surface area (Å²) < 4.78 is 42.7. The topological polar surface area (TPSA) is 29.5 Å². The molecular formula is C17H16F3NO2. The second-order valence-corrected chi connectivity index (χ2v) is 4.98. The lowest BCUT2D eigenvalue weighted by molar-refractivity contribution is -0.161. The van der Waals surface area contributed by atoms with E-state index in [9.17, 15) is 18.0 Å². The lowest BCUT2D eigenvalue weighted by atomic mass is 10.1. The Bertz CT molecular complexity index is 698. The molecule has 122 valence electrons. The summed E-state index contributed by atoms with van der Waals surface area (Å²) in [6, 6.07) is 12.8. The molecule has 6 heteroatoms. The Labute approximate surface area is 132 Å². The number of ether oxygens (including phenoxy) is 1. The molecule has 1 amide bonds. The van der Waals surface area contributed by atoms with E-state index in [-0.39, 0.29) is 6.54 Å². The Morgan fingerprint density at radius 3 is 2.52 bits per heavy atom. The van der Waals surface area contributed by atoms with Crippen molar-refractivity contribution in [2.45, 2.75) is 6.18 Å². The van der Waals surface area contributed by atoms with Gasteiger partial charge in [0.25, 0.3) is 5.91 Å². The molecule has 2 aromatic carbocycles. The molecule has 0 spiro atoms. The van der Waals surface area contributed by atoms with Gasteiger partial charge in [-0.3, -0.25) is 4.79 Å². The van der Waals surface area contributed by atoms with Crippen LogP contribution in [0.1, 0.15) is 0 Å². The SMILES string of the molecule is C=CCN(CC(F)(F)F)C(=O)COc1ccc2ccccc2c1. The van der Waals surface area contributed by atoms with Crippen LogP contribution in [0.3, 0.4) is 0 Å². The summed E-state index contributed by atoms with van der Waals surface area (Å²) in [5.74, 6) is -0.307. The first-order valence-corrected chi connectivity index (χ1v) is 6.96. The molecule has 2 aromatic rings. The Morgan fingerprint density at radius 2 is 1.87 bits per heavy atom. The zero-order valence-electron chi connectivity index (χ0n) is 12.3. The number of alkyl halides is 3. The Balaban J connectivity index is 2.01. The zero-order chi connectivity index (χ0) is 16.9. The molecule has 0 aromatic heterocycles. The quantitative estimate of drug-likeness (QED) is 0.757. The number of halogens is 3. The third kappa shape index (κ3) is 5.02. The highest BCUT2D eigenvalue weighted by Gasteiger charge is 2.32. The number of benzene rings is 2. The van der Waals surface area contributed by atoms with Crippen LogP contribution in [-0.4, -0.2) is 36.7 Å². The molecule has 0 radical (unpaired) electrons. The van der Waals surface area contributed by atoms with Gasteiger partial charge in [-0.2, -0.15) is 13.2 Å². The summed E-state index contributed by atoms with van der Waals surface area (Å²) in [6.45, 7) is 1.41. The fraction of sp³-hybridized carbons (Fsp3) is 0.235. The lowest BCUT2D eigenvalue weighted by Gasteiger charge is -2.22. The van der Waals surface area contributed by atoms with E-state index in [0.29, 0.717) is 10.6 Å². The summed E-state index contributed by atoms with van der Waals surface area (Å²) in [5.41, 5.74) is 0. The number of carbonyl (C=O) groups is 1. The normalized spacial score (nSPS) is 11.3. The van der Waals surface area contributed by atoms with E-state index in [2.05, 4.69) is 6.58 Å². The lowest BCUT2D eigenvalue weighted by Crippen LogP contribution is -2.41. The fourth-order valence-electron chi connectivity index (χ4n) is 2.12. The summed E-state index contributed by atoms with van der Waals surface area (Å²) >= 11 is 0. The highest BCUT2D eigenvalue weighted by Crippen LogP contribution is 2.21. The van der Waals surface area contributed by atoms with E-state index in [0.717, 1.165) is 10.8 Å². The molecule has 3 nitrogen and oxygen atoms in total. The van der Waals surface area contributed by atoms with Gasteiger partial charge >= 0.3 is 6.18 Å². The molecule has 0 bridgehead atoms. The first kappa shape index (κ1) is 16.9. The van der Waals surface area contributed by atoms with E-state index >= 15 is 0 Å². The molecule has 0 heterocycles. The number of carbonyl (C=O) groups excluding carboxylic acids is 1. The van der Waals surface area contributed by atoms with Crippen LogP contribution < -0.4 is 4.74 Å². The van der Waals surface area contributed by atoms with Gasteiger partial charge in [0.15, 0.2) is 6.61 Å². The summed E-state index contributed by atoms with van der Waals surface area (Å²) in [7, 11) is 0. The van der Waals surface area contributed by atoms with E-state index < -0.39 is 25.2 Å². The number of fused-ring (bicyclic) bond motifs is 1. The van der Waals surface area contributed by atoms with Crippen LogP contribution in [0.25, 0.3) is 10.8 Å². The van der Waals surface area contributed by atoms with Gasteiger partial charge < -0.3 is 9.64 Å². The van der Waals surface area contributed by atoms with Crippen molar-refractivity contribution in [3.63, 3.8) is 0 Å². The maximum Gasteiger partial charge on any atom is 0.406 e. The van der Waals surface area contributed by atoms with Crippen LogP contribution in [-0.2, 0) is 4.79 Å². The van der Waals surface area contributed by atoms with E-state index in [4.69, 9.17) is 4.74 Å². The molecule has 0 aliphatic rings. The second kappa shape index (κ2) is 7.17. The van der Waals surface area contributed by atoms with Gasteiger partial charge in [0.1, 0.15) is 12.3 Å². The first-order chi connectivity index (χ1) is 10.9. The largest absolute Gasteiger partial charge is 0.484 e. The van der Waals surface area contributed by atoms with Crippen LogP contribution >= 0.6 is 0 Å². The third-order valence-corrected chi connectivity index (χ3v) is 3.16. The first-order valence-electron chi connectivity index (χ1n) is 6.96. The molecule has 0 aliphatic heterocycles. The zero-order valence-corrected chi connectivity index (χ0v) is 12.3. The van der Waals surface area contributed by atoms with E-state index in [1.54, 1.807) is 12.1 Å². The van der Waals surface area contributed by atoms with Crippen molar-refractivity contribution in [1.29, 1.82) is 0 Å². The number of nitrogens with zero attached hydrogens (tertiary/aromatic N) is 1. The smallest absolute Gasteiger partial charge is 0.406 e. The minimum Gasteiger partial charge on any atom is -0.484 e. The summed E-state index contributed by atoms with van der Waals surface area (Å²) in [5, 5.41) is 1.94. The van der Waals surface area contributed by atoms with Crippen molar-refractivity contribution < 1.29 is 22.7 Å². The maximum absolute atomic E-state index is 12.5. The predicted molar refractivity (Wildman–Crippen MR) is 82.3 cm³/mol. The predicted octanol–water partition coefficient (Wildman–Crippen LogP) is 3.80. The van der Waals surface area contributed by atoms with Crippen molar-refractivity contribution in [3.8, 4) is 5.75 Å². The average molecular weight is 323 g/mol. The highest BCUT2D eigenvalue weighted by atomic mass is 19.4. The molecule has 0 atom stereocenters. The molecule has 0 saturated heterocycles. The molecule has 0 N–H and O–H groups in total. The van der Waals surface area contributed by atoms with Gasteiger partial charge in [-0.05, 0) is 22.9 Å². The van der Waals surface area contributed by atoms with Crippen molar-refractivity contribution >= 4 is 16.7 Å². The van der Waals surface area contributed by atoms with Gasteiger partial charge in [0, 0.05) is 6.54 Å². The number of hydrogen-bond donors (Lipinski definition) is 0. The van der Waals surface area contributed by atoms with Crippen LogP contribution in [0.2, 0.25) is 0 Å². The van der Waals surface area contributed by atoms with Crippen molar-refractivity contribution in [1.82, 2.24) is 4.90 Å². The molecule has 0 saturated carbocycles. The monoisotopic (exact) mass is 323 g/mol. The fourth-order valence-corrected chi connectivity index (χ4v) is 2.12. The van der Waals surface area contributed by atoms with Crippen LogP contribution in [0.4, 0.5) is 13.2 Å². The van der Waals surface area contributed by atoms with Gasteiger partial charge in [0.2, 0.25) is 0 Å². The minimum absolute atomic E-state index is 0.181. The maximum atomic E-state index is 12.5. The average Bonchev–Trinajstić information content (AvgIpc) is 2.50. The summed E-state index contributed by atoms with van der Waals surface area (Å²) in [6.07, 6.45) is -3.21. The Morgan fingerprint density at radius 1 is 1.17 bits per heavy atom. The number of rotatable bonds is 6. The minimum atomic E-state index is -4.46. The van der Waals surface area contributed by atoms with Gasteiger partial charge in [-0.15, -0.1) is 6.58 Å². The van der Waals surface area contributed by atoms with E-state index in [1.165, 1.54) is 6.08 Å². The second-order valence-electron chi connectivity index (χ2n) is 4.98. The molecule has 0 unspecified atom stereocenters. The summed E-state index contributed by atoms with van der Waals surface area (Å²) in [4.78, 5) is 12.6. The van der Waals surface area contributed by atoms with Crippen molar-refractivity contribution in [2.75, 3.05) is 19.7 Å². The van der Waals surface area contributed by atoms with Crippen molar-refractivity contribution in [3.05, 3.63) is 55.1 Å². The van der Waals surface area contributed by atoms with Crippen LogP contribution in [0.5, 0.6) is 5.75 Å². The van der Waals surface area contributed by atoms with E-state index in [1.807, 2.05) is 30.3 Å². The molecular weight excluding hydrogens is 307 g/mol. The molecule has 2 rings (SSSR count). The van der Waals surface area contributed by atoms with Crippen molar-refractivity contribution in [2.24, 2.45) is 0 Å². The van der Waals surface area contributed by atoms with Gasteiger partial charge in [-0.25, -0.2) is 0 Å². The van der Waals surface area contributed by atoms with Crippen LogP contribution in [0.15, 0.2) is 55.1 Å². The van der Waals surface area contributed by atoms with Gasteiger partial charge in [-0.1, -0.05) is 36.4 Å². The Kier molecular flexibility index (Phi) is 5.26. The highest BCUT2D eigenvalue weighted by molar-refractivity contribution is 5.84. The number of hydrogen-bond acceptors (Lipinski definition) is 2. The third-order valence-electron chi connectivity index (χ3n) is 3.16. The molecule has 23 heavy (non-hydrogen) atoms. The molecule has 0 fully saturated rings. The molecule has 0 aliphatic carbocycles. The van der Waals surface area contributed by atoms with Crippen LogP contribution in [0, 0.1) is 0 Å².